The van der Waals surface area contributed by atoms with Crippen LogP contribution in [0, 0.1) is 0 Å². The Morgan fingerprint density at radius 3 is 2.48 bits per heavy atom. The van der Waals surface area contributed by atoms with E-state index in [9.17, 15) is 4.79 Å². The van der Waals surface area contributed by atoms with Crippen LogP contribution in [0.25, 0.3) is 17.3 Å². The maximum absolute atomic E-state index is 11.5. The highest BCUT2D eigenvalue weighted by atomic mass is 16.5. The summed E-state index contributed by atoms with van der Waals surface area (Å²) < 4.78 is 6.54. The highest BCUT2D eigenvalue weighted by Crippen LogP contribution is 2.27. The summed E-state index contributed by atoms with van der Waals surface area (Å²) in [6.07, 6.45) is 5.21. The molecule has 25 heavy (non-hydrogen) atoms. The van der Waals surface area contributed by atoms with Gasteiger partial charge in [0.1, 0.15) is 5.69 Å². The summed E-state index contributed by atoms with van der Waals surface area (Å²) in [5.74, 6) is -0.391. The van der Waals surface area contributed by atoms with Gasteiger partial charge in [-0.1, -0.05) is 63.6 Å². The molecule has 1 aromatic carbocycles. The quantitative estimate of drug-likeness (QED) is 0.583. The molecule has 0 aliphatic carbocycles. The number of ether oxygens (including phenoxy) is 1. The molecule has 5 heteroatoms. The molecule has 1 heterocycles. The second-order valence-electron chi connectivity index (χ2n) is 7.08. The maximum atomic E-state index is 11.5. The van der Waals surface area contributed by atoms with Gasteiger partial charge in [0.2, 0.25) is 0 Å². The molecule has 0 unspecified atom stereocenters. The molecule has 0 atom stereocenters. The zero-order valence-corrected chi connectivity index (χ0v) is 15.7. The summed E-state index contributed by atoms with van der Waals surface area (Å²) in [4.78, 5) is 11.5. The molecule has 0 amide bonds. The molecule has 5 nitrogen and oxygen atoms in total. The second kappa shape index (κ2) is 8.10. The molecule has 1 aromatic heterocycles. The number of carbonyl (C=O) groups excluding carboxylic acids is 1. The number of nitrogens with zero attached hydrogens (tertiary/aromatic N) is 3. The first-order chi connectivity index (χ1) is 11.9. The highest BCUT2D eigenvalue weighted by Gasteiger charge is 2.16. The SMILES string of the molecule is CCCCn1nnc(-c2ccc(C(C)(C)C)cc2)c1/C=C/C(=O)OC. The number of rotatable bonds is 6. The van der Waals surface area contributed by atoms with Gasteiger partial charge in [-0.25, -0.2) is 9.48 Å². The predicted octanol–water partition coefficient (Wildman–Crippen LogP) is 4.23. The fraction of sp³-hybridized carbons (Fsp3) is 0.450. The van der Waals surface area contributed by atoms with Gasteiger partial charge in [0.15, 0.2) is 0 Å². The van der Waals surface area contributed by atoms with Crippen LogP contribution in [-0.4, -0.2) is 28.1 Å². The van der Waals surface area contributed by atoms with Crippen LogP contribution in [0.4, 0.5) is 0 Å². The topological polar surface area (TPSA) is 57.0 Å². The van der Waals surface area contributed by atoms with Crippen molar-refractivity contribution in [1.29, 1.82) is 0 Å². The lowest BCUT2D eigenvalue weighted by Gasteiger charge is -2.19. The molecular formula is C20H27N3O2. The van der Waals surface area contributed by atoms with E-state index in [1.54, 1.807) is 6.08 Å². The van der Waals surface area contributed by atoms with Gasteiger partial charge in [-0.3, -0.25) is 0 Å². The van der Waals surface area contributed by atoms with E-state index in [1.807, 2.05) is 4.68 Å². The Balaban J connectivity index is 2.40. The largest absolute Gasteiger partial charge is 0.466 e. The van der Waals surface area contributed by atoms with Crippen LogP contribution in [0.5, 0.6) is 0 Å². The number of benzene rings is 1. The van der Waals surface area contributed by atoms with Crippen LogP contribution in [0.3, 0.4) is 0 Å². The van der Waals surface area contributed by atoms with Crippen molar-refractivity contribution in [2.24, 2.45) is 0 Å². The lowest BCUT2D eigenvalue weighted by molar-refractivity contribution is -0.134. The van der Waals surface area contributed by atoms with Crippen LogP contribution in [0.15, 0.2) is 30.3 Å². The zero-order valence-electron chi connectivity index (χ0n) is 15.7. The molecule has 0 saturated carbocycles. The number of carbonyl (C=O) groups is 1. The van der Waals surface area contributed by atoms with Crippen LogP contribution < -0.4 is 0 Å². The number of aromatic nitrogens is 3. The standard InChI is InChI=1S/C20H27N3O2/c1-6-7-14-23-17(12-13-18(24)25-5)19(21-22-23)15-8-10-16(11-9-15)20(2,3)4/h8-13H,6-7,14H2,1-5H3/b13-12+. The van der Waals surface area contributed by atoms with Crippen LogP contribution in [0.1, 0.15) is 51.8 Å². The monoisotopic (exact) mass is 341 g/mol. The normalized spacial score (nSPS) is 11.9. The van der Waals surface area contributed by atoms with Gasteiger partial charge in [0.25, 0.3) is 0 Å². The highest BCUT2D eigenvalue weighted by molar-refractivity contribution is 5.88. The Kier molecular flexibility index (Phi) is 6.12. The molecule has 0 spiro atoms. The van der Waals surface area contributed by atoms with Crippen molar-refractivity contribution in [2.45, 2.75) is 52.5 Å². The number of hydrogen-bond donors (Lipinski definition) is 0. The van der Waals surface area contributed by atoms with Crippen molar-refractivity contribution < 1.29 is 9.53 Å². The van der Waals surface area contributed by atoms with Gasteiger partial charge in [0, 0.05) is 18.2 Å². The van der Waals surface area contributed by atoms with E-state index in [1.165, 1.54) is 18.7 Å². The molecule has 0 saturated heterocycles. The second-order valence-corrected chi connectivity index (χ2v) is 7.08. The molecule has 134 valence electrons. The third-order valence-electron chi connectivity index (χ3n) is 4.10. The van der Waals surface area contributed by atoms with E-state index < -0.39 is 5.97 Å². The van der Waals surface area contributed by atoms with E-state index in [2.05, 4.69) is 62.3 Å². The van der Waals surface area contributed by atoms with E-state index in [0.717, 1.165) is 36.3 Å². The number of aryl methyl sites for hydroxylation is 1. The average molecular weight is 341 g/mol. The molecule has 0 radical (unpaired) electrons. The van der Waals surface area contributed by atoms with Crippen LogP contribution >= 0.6 is 0 Å². The van der Waals surface area contributed by atoms with Crippen LogP contribution in [-0.2, 0) is 21.5 Å². The minimum atomic E-state index is -0.391. The molecule has 2 aromatic rings. The first-order valence-corrected chi connectivity index (χ1v) is 8.67. The lowest BCUT2D eigenvalue weighted by atomic mass is 9.86. The molecule has 2 rings (SSSR count). The summed E-state index contributed by atoms with van der Waals surface area (Å²) in [6, 6.07) is 8.36. The molecule has 0 N–H and O–H groups in total. The third kappa shape index (κ3) is 4.78. The number of unbranched alkanes of at least 4 members (excludes halogenated alkanes) is 1. The maximum Gasteiger partial charge on any atom is 0.330 e. The third-order valence-corrected chi connectivity index (χ3v) is 4.10. The Labute approximate surface area is 149 Å². The Morgan fingerprint density at radius 1 is 1.24 bits per heavy atom. The van der Waals surface area contributed by atoms with Crippen molar-refractivity contribution in [2.75, 3.05) is 7.11 Å². The average Bonchev–Trinajstić information content (AvgIpc) is 2.99. The zero-order chi connectivity index (χ0) is 18.4. The number of hydrogen-bond acceptors (Lipinski definition) is 4. The van der Waals surface area contributed by atoms with Gasteiger partial charge in [0.05, 0.1) is 12.8 Å². The fourth-order valence-electron chi connectivity index (χ4n) is 2.51. The van der Waals surface area contributed by atoms with Crippen molar-refractivity contribution in [3.63, 3.8) is 0 Å². The van der Waals surface area contributed by atoms with Crippen molar-refractivity contribution in [3.05, 3.63) is 41.6 Å². The van der Waals surface area contributed by atoms with Gasteiger partial charge in [-0.15, -0.1) is 5.10 Å². The summed E-state index contributed by atoms with van der Waals surface area (Å²) in [5.41, 5.74) is 3.95. The Hall–Kier alpha value is -2.43. The Morgan fingerprint density at radius 2 is 1.92 bits per heavy atom. The van der Waals surface area contributed by atoms with Crippen molar-refractivity contribution in [1.82, 2.24) is 15.0 Å². The van der Waals surface area contributed by atoms with Gasteiger partial charge >= 0.3 is 5.97 Å². The summed E-state index contributed by atoms with van der Waals surface area (Å²) in [5, 5.41) is 8.61. The van der Waals surface area contributed by atoms with Gasteiger partial charge in [-0.05, 0) is 23.5 Å². The van der Waals surface area contributed by atoms with E-state index in [4.69, 9.17) is 4.74 Å². The van der Waals surface area contributed by atoms with E-state index in [-0.39, 0.29) is 5.41 Å². The number of esters is 1. The van der Waals surface area contributed by atoms with E-state index in [0.29, 0.717) is 0 Å². The summed E-state index contributed by atoms with van der Waals surface area (Å²) in [6.45, 7) is 9.46. The first kappa shape index (κ1) is 18.9. The summed E-state index contributed by atoms with van der Waals surface area (Å²) in [7, 11) is 1.37. The fourth-order valence-corrected chi connectivity index (χ4v) is 2.51. The Bertz CT molecular complexity index is 737. The minimum absolute atomic E-state index is 0.102. The van der Waals surface area contributed by atoms with Crippen LogP contribution in [0.2, 0.25) is 0 Å². The molecule has 0 fully saturated rings. The molecule has 0 aliphatic rings. The lowest BCUT2D eigenvalue weighted by Crippen LogP contribution is -2.10. The van der Waals surface area contributed by atoms with Crippen molar-refractivity contribution in [3.8, 4) is 11.3 Å². The minimum Gasteiger partial charge on any atom is -0.466 e. The molecule has 0 bridgehead atoms. The van der Waals surface area contributed by atoms with E-state index >= 15 is 0 Å². The van der Waals surface area contributed by atoms with Gasteiger partial charge in [-0.2, -0.15) is 0 Å². The predicted molar refractivity (Wildman–Crippen MR) is 100 cm³/mol. The summed E-state index contributed by atoms with van der Waals surface area (Å²) >= 11 is 0. The first-order valence-electron chi connectivity index (χ1n) is 8.67. The smallest absolute Gasteiger partial charge is 0.330 e. The van der Waals surface area contributed by atoms with Crippen molar-refractivity contribution >= 4 is 12.0 Å². The number of methoxy groups -OCH3 is 1. The van der Waals surface area contributed by atoms with Gasteiger partial charge < -0.3 is 4.74 Å². The molecular weight excluding hydrogens is 314 g/mol. The molecule has 0 aliphatic heterocycles.